The molecule has 0 saturated heterocycles. The number of nitrogens with zero attached hydrogens (tertiary/aromatic N) is 3. The first-order valence-electron chi connectivity index (χ1n) is 7.28. The summed E-state index contributed by atoms with van der Waals surface area (Å²) in [5.41, 5.74) is 1.06. The second-order valence-electron chi connectivity index (χ2n) is 5.01. The number of pyridine rings is 1. The number of esters is 1. The van der Waals surface area contributed by atoms with Crippen molar-refractivity contribution in [1.82, 2.24) is 4.98 Å². The third kappa shape index (κ3) is 4.63. The van der Waals surface area contributed by atoms with Crippen LogP contribution in [0.25, 0.3) is 0 Å². The highest BCUT2D eigenvalue weighted by Gasteiger charge is 2.26. The molecular weight excluding hydrogens is 314 g/mol. The Morgan fingerprint density at radius 2 is 2.26 bits per heavy atom. The number of carbonyl (C=O) groups is 2. The van der Waals surface area contributed by atoms with E-state index in [9.17, 15) is 14.9 Å². The lowest BCUT2D eigenvalue weighted by atomic mass is 9.91. The molecule has 0 spiro atoms. The third-order valence-corrected chi connectivity index (χ3v) is 4.38. The standard InChI is InChI=1S/C16H17N3O3S/c1-22-15(20)10-23-14-6-5-11(9-19-14)16(21)12(8-17)13-4-2-3-7-18-13/h5-6,9,12H,2-4,7,10H2,1H3. The number of hydrogen-bond donors (Lipinski definition) is 0. The van der Waals surface area contributed by atoms with Crippen LogP contribution in [0.1, 0.15) is 29.6 Å². The molecule has 1 aromatic heterocycles. The molecule has 1 aliphatic heterocycles. The van der Waals surface area contributed by atoms with Crippen LogP contribution in [-0.4, -0.2) is 41.9 Å². The van der Waals surface area contributed by atoms with E-state index < -0.39 is 5.92 Å². The molecule has 6 nitrogen and oxygen atoms in total. The number of Topliss-reactive ketones (excluding diaryl/α,β-unsaturated/α-hetero) is 1. The Labute approximate surface area is 139 Å². The van der Waals surface area contributed by atoms with E-state index in [2.05, 4.69) is 20.8 Å². The van der Waals surface area contributed by atoms with Gasteiger partial charge in [-0.2, -0.15) is 5.26 Å². The smallest absolute Gasteiger partial charge is 0.316 e. The zero-order chi connectivity index (χ0) is 16.7. The van der Waals surface area contributed by atoms with Crippen molar-refractivity contribution in [3.63, 3.8) is 0 Å². The molecule has 1 atom stereocenters. The molecule has 0 aliphatic carbocycles. The molecule has 2 rings (SSSR count). The van der Waals surface area contributed by atoms with Gasteiger partial charge in [0.25, 0.3) is 0 Å². The summed E-state index contributed by atoms with van der Waals surface area (Å²) >= 11 is 1.23. The van der Waals surface area contributed by atoms with Gasteiger partial charge in [-0.3, -0.25) is 14.6 Å². The zero-order valence-electron chi connectivity index (χ0n) is 12.8. The highest BCUT2D eigenvalue weighted by molar-refractivity contribution is 7.99. The number of nitriles is 1. The van der Waals surface area contributed by atoms with Gasteiger partial charge in [-0.15, -0.1) is 0 Å². The van der Waals surface area contributed by atoms with E-state index >= 15 is 0 Å². The Bertz CT molecular complexity index is 650. The molecular formula is C16H17N3O3S. The maximum absolute atomic E-state index is 12.5. The van der Waals surface area contributed by atoms with Gasteiger partial charge in [0.05, 0.1) is 24.0 Å². The molecule has 1 unspecified atom stereocenters. The van der Waals surface area contributed by atoms with Gasteiger partial charge in [-0.25, -0.2) is 4.98 Å². The summed E-state index contributed by atoms with van der Waals surface area (Å²) in [6.45, 7) is 0.683. The van der Waals surface area contributed by atoms with E-state index in [1.165, 1.54) is 25.1 Å². The predicted octanol–water partition coefficient (Wildman–Crippen LogP) is 2.29. The van der Waals surface area contributed by atoms with Gasteiger partial charge in [0.15, 0.2) is 5.78 Å². The van der Waals surface area contributed by atoms with Crippen molar-refractivity contribution >= 4 is 29.2 Å². The summed E-state index contributed by atoms with van der Waals surface area (Å²) in [5, 5.41) is 9.93. The summed E-state index contributed by atoms with van der Waals surface area (Å²) in [4.78, 5) is 32.0. The quantitative estimate of drug-likeness (QED) is 0.451. The van der Waals surface area contributed by atoms with Crippen molar-refractivity contribution in [2.24, 2.45) is 10.9 Å². The molecule has 1 aliphatic rings. The number of aromatic nitrogens is 1. The average molecular weight is 331 g/mol. The van der Waals surface area contributed by atoms with Gasteiger partial charge in [0.1, 0.15) is 5.92 Å². The fourth-order valence-electron chi connectivity index (χ4n) is 2.21. The predicted molar refractivity (Wildman–Crippen MR) is 86.6 cm³/mol. The monoisotopic (exact) mass is 331 g/mol. The average Bonchev–Trinajstić information content (AvgIpc) is 2.61. The molecule has 0 bridgehead atoms. The Hall–Kier alpha value is -2.20. The number of ketones is 1. The van der Waals surface area contributed by atoms with Crippen molar-refractivity contribution in [1.29, 1.82) is 5.26 Å². The maximum atomic E-state index is 12.5. The van der Waals surface area contributed by atoms with Gasteiger partial charge >= 0.3 is 5.97 Å². The van der Waals surface area contributed by atoms with Crippen molar-refractivity contribution < 1.29 is 14.3 Å². The normalized spacial score (nSPS) is 15.2. The van der Waals surface area contributed by atoms with Crippen LogP contribution in [-0.2, 0) is 9.53 Å². The zero-order valence-corrected chi connectivity index (χ0v) is 13.6. The first-order valence-corrected chi connectivity index (χ1v) is 8.27. The third-order valence-electron chi connectivity index (χ3n) is 3.47. The van der Waals surface area contributed by atoms with Crippen LogP contribution in [0, 0.1) is 17.2 Å². The minimum Gasteiger partial charge on any atom is -0.468 e. The van der Waals surface area contributed by atoms with E-state index in [1.54, 1.807) is 12.1 Å². The molecule has 0 N–H and O–H groups in total. The Morgan fingerprint density at radius 3 is 2.83 bits per heavy atom. The van der Waals surface area contributed by atoms with Crippen LogP contribution >= 0.6 is 11.8 Å². The van der Waals surface area contributed by atoms with Gasteiger partial charge < -0.3 is 4.74 Å². The van der Waals surface area contributed by atoms with Crippen molar-refractivity contribution in [2.45, 2.75) is 24.3 Å². The number of aliphatic imine (C=N–C) groups is 1. The lowest BCUT2D eigenvalue weighted by Gasteiger charge is -2.15. The second-order valence-corrected chi connectivity index (χ2v) is 6.00. The molecule has 0 radical (unpaired) electrons. The van der Waals surface area contributed by atoms with E-state index in [0.29, 0.717) is 29.3 Å². The van der Waals surface area contributed by atoms with Crippen molar-refractivity contribution in [3.05, 3.63) is 23.9 Å². The minimum atomic E-state index is -0.828. The SMILES string of the molecule is COC(=O)CSc1ccc(C(=O)C(C#N)C2=NCCCC2)cn1. The molecule has 0 saturated carbocycles. The van der Waals surface area contributed by atoms with Gasteiger partial charge in [0, 0.05) is 24.0 Å². The summed E-state index contributed by atoms with van der Waals surface area (Å²) < 4.78 is 4.56. The van der Waals surface area contributed by atoms with Crippen molar-refractivity contribution in [3.8, 4) is 6.07 Å². The highest BCUT2D eigenvalue weighted by Crippen LogP contribution is 2.19. The number of thioether (sulfide) groups is 1. The first kappa shape index (κ1) is 17.2. The number of ether oxygens (including phenoxy) is 1. The van der Waals surface area contributed by atoms with Gasteiger partial charge in [-0.1, -0.05) is 11.8 Å². The van der Waals surface area contributed by atoms with Gasteiger partial charge in [0.2, 0.25) is 0 Å². The van der Waals surface area contributed by atoms with E-state index in [0.717, 1.165) is 12.8 Å². The largest absolute Gasteiger partial charge is 0.468 e. The molecule has 120 valence electrons. The van der Waals surface area contributed by atoms with Crippen LogP contribution in [0.4, 0.5) is 0 Å². The van der Waals surface area contributed by atoms with Crippen LogP contribution < -0.4 is 0 Å². The van der Waals surface area contributed by atoms with Crippen LogP contribution in [0.3, 0.4) is 0 Å². The summed E-state index contributed by atoms with van der Waals surface area (Å²) in [5.74, 6) is -1.28. The number of carbonyl (C=O) groups excluding carboxylic acids is 2. The molecule has 2 heterocycles. The number of rotatable bonds is 6. The fraction of sp³-hybridized carbons (Fsp3) is 0.438. The number of hydrogen-bond acceptors (Lipinski definition) is 7. The topological polar surface area (TPSA) is 92.4 Å². The Balaban J connectivity index is 2.05. The molecule has 0 amide bonds. The van der Waals surface area contributed by atoms with Crippen LogP contribution in [0.5, 0.6) is 0 Å². The van der Waals surface area contributed by atoms with E-state index in [1.807, 2.05) is 0 Å². The molecule has 1 aromatic rings. The van der Waals surface area contributed by atoms with Crippen LogP contribution in [0.15, 0.2) is 28.3 Å². The summed E-state index contributed by atoms with van der Waals surface area (Å²) in [6.07, 6.45) is 4.11. The number of methoxy groups -OCH3 is 1. The van der Waals surface area contributed by atoms with Crippen molar-refractivity contribution in [2.75, 3.05) is 19.4 Å². The van der Waals surface area contributed by atoms with E-state index in [-0.39, 0.29) is 17.5 Å². The van der Waals surface area contributed by atoms with Gasteiger partial charge in [-0.05, 0) is 31.4 Å². The fourth-order valence-corrected chi connectivity index (χ4v) is 2.88. The maximum Gasteiger partial charge on any atom is 0.316 e. The van der Waals surface area contributed by atoms with Crippen LogP contribution in [0.2, 0.25) is 0 Å². The second kappa shape index (κ2) is 8.44. The highest BCUT2D eigenvalue weighted by atomic mass is 32.2. The lowest BCUT2D eigenvalue weighted by Crippen LogP contribution is -2.25. The lowest BCUT2D eigenvalue weighted by molar-refractivity contribution is -0.137. The molecule has 0 aromatic carbocycles. The Morgan fingerprint density at radius 1 is 1.43 bits per heavy atom. The summed E-state index contributed by atoms with van der Waals surface area (Å²) in [6, 6.07) is 5.35. The molecule has 23 heavy (non-hydrogen) atoms. The molecule has 0 fully saturated rings. The Kier molecular flexibility index (Phi) is 6.29. The van der Waals surface area contributed by atoms with E-state index in [4.69, 9.17) is 0 Å². The first-order chi connectivity index (χ1) is 11.2. The minimum absolute atomic E-state index is 0.161. The summed E-state index contributed by atoms with van der Waals surface area (Å²) in [7, 11) is 1.33. The molecule has 7 heteroatoms.